The quantitative estimate of drug-likeness (QED) is 0.502. The van der Waals surface area contributed by atoms with Crippen molar-refractivity contribution in [1.29, 1.82) is 0 Å². The molecule has 0 amide bonds. The smallest absolute Gasteiger partial charge is 0.158 e. The lowest BCUT2D eigenvalue weighted by Crippen LogP contribution is -1.85. The zero-order valence-corrected chi connectivity index (χ0v) is 4.76. The van der Waals surface area contributed by atoms with E-state index in [1.807, 2.05) is 0 Å². The van der Waals surface area contributed by atoms with Gasteiger partial charge in [0.1, 0.15) is 0 Å². The Kier molecular flexibility index (Phi) is 3.85. The number of hydrogen-bond donors (Lipinski definition) is 0. The molecule has 8 heavy (non-hydrogen) atoms. The maximum absolute atomic E-state index is 10.4. The minimum atomic E-state index is 0.0323. The highest BCUT2D eigenvalue weighted by molar-refractivity contribution is 5.90. The van der Waals surface area contributed by atoms with E-state index in [1.165, 1.54) is 6.08 Å². The lowest BCUT2D eigenvalue weighted by molar-refractivity contribution is -0.113. The van der Waals surface area contributed by atoms with Crippen LogP contribution in [0.15, 0.2) is 24.8 Å². The Morgan fingerprint density at radius 3 is 2.62 bits per heavy atom. The molecular formula is C7H9O. The van der Waals surface area contributed by atoms with Gasteiger partial charge in [-0.2, -0.15) is 0 Å². The van der Waals surface area contributed by atoms with Crippen LogP contribution in [0, 0.1) is 6.92 Å². The summed E-state index contributed by atoms with van der Waals surface area (Å²) < 4.78 is 0. The highest BCUT2D eigenvalue weighted by atomic mass is 16.1. The number of carbonyl (C=O) groups is 1. The first-order valence-corrected chi connectivity index (χ1v) is 2.40. The Bertz CT molecular complexity index is 112. The van der Waals surface area contributed by atoms with Crippen LogP contribution in [0.3, 0.4) is 0 Å². The maximum atomic E-state index is 10.4. The average Bonchev–Trinajstić information content (AvgIpc) is 1.83. The van der Waals surface area contributed by atoms with Crippen molar-refractivity contribution in [2.24, 2.45) is 0 Å². The first-order valence-electron chi connectivity index (χ1n) is 2.40. The molecule has 0 aliphatic rings. The van der Waals surface area contributed by atoms with Crippen molar-refractivity contribution in [3.05, 3.63) is 31.7 Å². The Morgan fingerprint density at radius 1 is 1.62 bits per heavy atom. The first-order chi connectivity index (χ1) is 3.81. The fourth-order valence-corrected chi connectivity index (χ4v) is 0.283. The highest BCUT2D eigenvalue weighted by Crippen LogP contribution is 1.84. The molecule has 0 saturated carbocycles. The molecular weight excluding hydrogens is 100 g/mol. The van der Waals surface area contributed by atoms with E-state index < -0.39 is 0 Å². The molecule has 0 unspecified atom stereocenters. The highest BCUT2D eigenvalue weighted by Gasteiger charge is 1.85. The largest absolute Gasteiger partial charge is 0.295 e. The topological polar surface area (TPSA) is 17.1 Å². The monoisotopic (exact) mass is 109 g/mol. The van der Waals surface area contributed by atoms with Crippen LogP contribution in [0.1, 0.15) is 6.42 Å². The van der Waals surface area contributed by atoms with Crippen molar-refractivity contribution in [2.45, 2.75) is 6.42 Å². The van der Waals surface area contributed by atoms with Crippen LogP contribution in [-0.4, -0.2) is 5.78 Å². The number of rotatable bonds is 3. The molecule has 0 rings (SSSR count). The Balaban J connectivity index is 3.39. The molecule has 0 aromatic carbocycles. The zero-order chi connectivity index (χ0) is 6.41. The Morgan fingerprint density at radius 2 is 2.25 bits per heavy atom. The molecule has 1 heteroatoms. The minimum absolute atomic E-state index is 0.0323. The SMILES string of the molecule is [CH2]/C=C/CC(=O)C=C. The molecule has 43 valence electrons. The van der Waals surface area contributed by atoms with Gasteiger partial charge in [0.2, 0.25) is 0 Å². The van der Waals surface area contributed by atoms with Gasteiger partial charge in [0.25, 0.3) is 0 Å². The van der Waals surface area contributed by atoms with Gasteiger partial charge in [-0.1, -0.05) is 18.7 Å². The van der Waals surface area contributed by atoms with E-state index in [9.17, 15) is 4.79 Å². The van der Waals surface area contributed by atoms with Gasteiger partial charge in [-0.25, -0.2) is 0 Å². The second-order valence-electron chi connectivity index (χ2n) is 1.35. The molecule has 0 aliphatic carbocycles. The van der Waals surface area contributed by atoms with E-state index in [-0.39, 0.29) is 5.78 Å². The molecule has 0 saturated heterocycles. The summed E-state index contributed by atoms with van der Waals surface area (Å²) in [6.45, 7) is 6.73. The van der Waals surface area contributed by atoms with E-state index in [1.54, 1.807) is 12.2 Å². The molecule has 0 atom stereocenters. The summed E-state index contributed by atoms with van der Waals surface area (Å²) in [4.78, 5) is 10.4. The molecule has 1 radical (unpaired) electrons. The van der Waals surface area contributed by atoms with Crippen molar-refractivity contribution in [3.8, 4) is 0 Å². The van der Waals surface area contributed by atoms with Crippen LogP contribution in [0.5, 0.6) is 0 Å². The molecule has 1 nitrogen and oxygen atoms in total. The van der Waals surface area contributed by atoms with Crippen molar-refractivity contribution in [3.63, 3.8) is 0 Å². The summed E-state index contributed by atoms with van der Waals surface area (Å²) in [6, 6.07) is 0. The summed E-state index contributed by atoms with van der Waals surface area (Å²) in [5, 5.41) is 0. The van der Waals surface area contributed by atoms with Crippen LogP contribution >= 0.6 is 0 Å². The summed E-state index contributed by atoms with van der Waals surface area (Å²) in [6.07, 6.45) is 5.03. The van der Waals surface area contributed by atoms with Gasteiger partial charge in [0.15, 0.2) is 5.78 Å². The summed E-state index contributed by atoms with van der Waals surface area (Å²) in [7, 11) is 0. The normalized spacial score (nSPS) is 9.62. The summed E-state index contributed by atoms with van der Waals surface area (Å²) >= 11 is 0. The molecule has 0 N–H and O–H groups in total. The maximum Gasteiger partial charge on any atom is 0.158 e. The van der Waals surface area contributed by atoms with E-state index >= 15 is 0 Å². The predicted molar refractivity (Wildman–Crippen MR) is 34.3 cm³/mol. The van der Waals surface area contributed by atoms with Crippen LogP contribution in [0.4, 0.5) is 0 Å². The molecule has 0 heterocycles. The summed E-state index contributed by atoms with van der Waals surface area (Å²) in [5.41, 5.74) is 0. The van der Waals surface area contributed by atoms with Crippen LogP contribution in [0.25, 0.3) is 0 Å². The second kappa shape index (κ2) is 4.31. The molecule has 0 aromatic heterocycles. The summed E-state index contributed by atoms with van der Waals surface area (Å²) in [5.74, 6) is 0.0323. The van der Waals surface area contributed by atoms with Crippen molar-refractivity contribution in [1.82, 2.24) is 0 Å². The molecule has 0 fully saturated rings. The van der Waals surface area contributed by atoms with E-state index in [0.717, 1.165) is 0 Å². The van der Waals surface area contributed by atoms with Crippen molar-refractivity contribution >= 4 is 5.78 Å². The predicted octanol–water partition coefficient (Wildman–Crippen LogP) is 1.52. The Hall–Kier alpha value is -0.850. The zero-order valence-electron chi connectivity index (χ0n) is 4.76. The molecule has 0 aliphatic heterocycles. The Labute approximate surface area is 49.7 Å². The van der Waals surface area contributed by atoms with Gasteiger partial charge >= 0.3 is 0 Å². The number of allylic oxidation sites excluding steroid dienone is 3. The third-order valence-corrected chi connectivity index (χ3v) is 0.713. The lowest BCUT2D eigenvalue weighted by Gasteiger charge is -1.80. The third-order valence-electron chi connectivity index (χ3n) is 0.713. The minimum Gasteiger partial charge on any atom is -0.295 e. The fraction of sp³-hybridized carbons (Fsp3) is 0.143. The number of ketones is 1. The lowest BCUT2D eigenvalue weighted by atomic mass is 10.3. The van der Waals surface area contributed by atoms with Gasteiger partial charge in [-0.3, -0.25) is 4.79 Å². The first kappa shape index (κ1) is 7.15. The molecule has 0 spiro atoms. The fourth-order valence-electron chi connectivity index (χ4n) is 0.283. The van der Waals surface area contributed by atoms with Gasteiger partial charge < -0.3 is 0 Å². The van der Waals surface area contributed by atoms with Crippen molar-refractivity contribution in [2.75, 3.05) is 0 Å². The molecule has 0 bridgehead atoms. The van der Waals surface area contributed by atoms with Crippen LogP contribution in [0.2, 0.25) is 0 Å². The van der Waals surface area contributed by atoms with Crippen molar-refractivity contribution < 1.29 is 4.79 Å². The van der Waals surface area contributed by atoms with Crippen LogP contribution < -0.4 is 0 Å². The average molecular weight is 109 g/mol. The van der Waals surface area contributed by atoms with Gasteiger partial charge in [0.05, 0.1) is 0 Å². The number of carbonyl (C=O) groups excluding carboxylic acids is 1. The second-order valence-corrected chi connectivity index (χ2v) is 1.35. The van der Waals surface area contributed by atoms with Gasteiger partial charge in [0, 0.05) is 6.42 Å². The van der Waals surface area contributed by atoms with Crippen LogP contribution in [-0.2, 0) is 4.79 Å². The van der Waals surface area contributed by atoms with Gasteiger partial charge in [-0.05, 0) is 13.0 Å². The number of hydrogen-bond acceptors (Lipinski definition) is 1. The van der Waals surface area contributed by atoms with Gasteiger partial charge in [-0.15, -0.1) is 0 Å². The third kappa shape index (κ3) is 3.34. The van der Waals surface area contributed by atoms with E-state index in [4.69, 9.17) is 0 Å². The van der Waals surface area contributed by atoms with E-state index in [2.05, 4.69) is 13.5 Å². The molecule has 0 aromatic rings. The standard InChI is InChI=1S/C7H9O/c1-3-5-6-7(8)4-2/h3-5H,1-2,6H2/b5-3+. The van der Waals surface area contributed by atoms with E-state index in [0.29, 0.717) is 6.42 Å².